The summed E-state index contributed by atoms with van der Waals surface area (Å²) in [4.78, 5) is 21.0. The molecule has 0 aliphatic heterocycles. The first-order valence-corrected chi connectivity index (χ1v) is 7.51. The predicted octanol–water partition coefficient (Wildman–Crippen LogP) is 2.85. The van der Waals surface area contributed by atoms with Gasteiger partial charge in [0.2, 0.25) is 11.7 Å². The number of fused-ring (bicyclic) bond motifs is 1. The molecule has 0 amide bonds. The van der Waals surface area contributed by atoms with Crippen LogP contribution in [0.3, 0.4) is 0 Å². The number of hydrogen-bond donors (Lipinski definition) is 0. The standard InChI is InChI=1S/C15H9BrN4O3/c16-9-3-4-11-10(6-9)15(21)20(8-17-11)7-13-18-14(19-23-13)12-2-1-5-22-12/h1-6,8H,7H2. The fourth-order valence-corrected chi connectivity index (χ4v) is 2.58. The number of halogens is 1. The third-order valence-corrected chi connectivity index (χ3v) is 3.79. The highest BCUT2D eigenvalue weighted by molar-refractivity contribution is 9.10. The van der Waals surface area contributed by atoms with Crippen molar-refractivity contribution < 1.29 is 8.94 Å². The van der Waals surface area contributed by atoms with Crippen LogP contribution in [0.1, 0.15) is 5.89 Å². The van der Waals surface area contributed by atoms with E-state index in [1.165, 1.54) is 17.2 Å². The molecule has 0 radical (unpaired) electrons. The summed E-state index contributed by atoms with van der Waals surface area (Å²) in [5.41, 5.74) is 0.463. The van der Waals surface area contributed by atoms with Gasteiger partial charge in [0, 0.05) is 4.47 Å². The Morgan fingerprint density at radius 1 is 1.26 bits per heavy atom. The Kier molecular flexibility index (Phi) is 3.30. The molecule has 4 rings (SSSR count). The second-order valence-corrected chi connectivity index (χ2v) is 5.74. The number of hydrogen-bond acceptors (Lipinski definition) is 6. The van der Waals surface area contributed by atoms with Crippen LogP contribution in [0.2, 0.25) is 0 Å². The number of benzene rings is 1. The molecule has 114 valence electrons. The first-order valence-electron chi connectivity index (χ1n) is 6.72. The molecule has 0 saturated carbocycles. The maximum Gasteiger partial charge on any atom is 0.261 e. The highest BCUT2D eigenvalue weighted by Gasteiger charge is 2.13. The van der Waals surface area contributed by atoms with Crippen LogP contribution in [0.15, 0.2) is 61.1 Å². The van der Waals surface area contributed by atoms with E-state index in [0.717, 1.165) is 4.47 Å². The highest BCUT2D eigenvalue weighted by atomic mass is 79.9. The molecule has 7 nitrogen and oxygen atoms in total. The summed E-state index contributed by atoms with van der Waals surface area (Å²) < 4.78 is 12.6. The van der Waals surface area contributed by atoms with E-state index in [1.54, 1.807) is 24.3 Å². The summed E-state index contributed by atoms with van der Waals surface area (Å²) in [6, 6.07) is 8.83. The SMILES string of the molecule is O=c1c2cc(Br)ccc2ncn1Cc1nc(-c2ccco2)no1. The zero-order chi connectivity index (χ0) is 15.8. The van der Waals surface area contributed by atoms with Crippen molar-refractivity contribution in [2.45, 2.75) is 6.54 Å². The molecule has 0 atom stereocenters. The third-order valence-electron chi connectivity index (χ3n) is 3.30. The fourth-order valence-electron chi connectivity index (χ4n) is 2.21. The first kappa shape index (κ1) is 13.9. The second-order valence-electron chi connectivity index (χ2n) is 4.83. The lowest BCUT2D eigenvalue weighted by Crippen LogP contribution is -2.21. The molecule has 0 bridgehead atoms. The van der Waals surface area contributed by atoms with E-state index < -0.39 is 0 Å². The molecule has 0 saturated heterocycles. The second kappa shape index (κ2) is 5.47. The molecule has 1 aromatic carbocycles. The minimum absolute atomic E-state index is 0.141. The zero-order valence-electron chi connectivity index (χ0n) is 11.6. The normalized spacial score (nSPS) is 11.2. The Hall–Kier alpha value is -2.74. The molecule has 8 heteroatoms. The molecular weight excluding hydrogens is 364 g/mol. The van der Waals surface area contributed by atoms with Crippen molar-refractivity contribution in [2.75, 3.05) is 0 Å². The topological polar surface area (TPSA) is 87.0 Å². The van der Waals surface area contributed by atoms with Gasteiger partial charge in [-0.05, 0) is 30.3 Å². The molecule has 0 aliphatic carbocycles. The number of rotatable bonds is 3. The average Bonchev–Trinajstić information content (AvgIpc) is 3.22. The van der Waals surface area contributed by atoms with Crippen molar-refractivity contribution >= 4 is 26.8 Å². The average molecular weight is 373 g/mol. The van der Waals surface area contributed by atoms with Gasteiger partial charge in [-0.3, -0.25) is 9.36 Å². The molecule has 3 heterocycles. The fraction of sp³-hybridized carbons (Fsp3) is 0.0667. The summed E-state index contributed by atoms with van der Waals surface area (Å²) in [6.07, 6.45) is 3.00. The van der Waals surface area contributed by atoms with E-state index in [9.17, 15) is 4.79 Å². The van der Waals surface area contributed by atoms with E-state index in [1.807, 2.05) is 6.07 Å². The van der Waals surface area contributed by atoms with Crippen molar-refractivity contribution in [1.82, 2.24) is 19.7 Å². The molecule has 3 aromatic heterocycles. The van der Waals surface area contributed by atoms with Gasteiger partial charge in [0.25, 0.3) is 5.56 Å². The largest absolute Gasteiger partial charge is 0.461 e. The van der Waals surface area contributed by atoms with Gasteiger partial charge in [-0.1, -0.05) is 21.1 Å². The summed E-state index contributed by atoms with van der Waals surface area (Å²) in [7, 11) is 0. The van der Waals surface area contributed by atoms with E-state index >= 15 is 0 Å². The van der Waals surface area contributed by atoms with E-state index in [0.29, 0.717) is 28.4 Å². The van der Waals surface area contributed by atoms with Gasteiger partial charge in [0.05, 0.1) is 23.5 Å². The van der Waals surface area contributed by atoms with Gasteiger partial charge in [-0.2, -0.15) is 4.98 Å². The van der Waals surface area contributed by atoms with Gasteiger partial charge < -0.3 is 8.94 Å². The molecule has 0 aliphatic rings. The van der Waals surface area contributed by atoms with Crippen LogP contribution in [-0.4, -0.2) is 19.7 Å². The Morgan fingerprint density at radius 2 is 2.17 bits per heavy atom. The summed E-state index contributed by atoms with van der Waals surface area (Å²) in [5, 5.41) is 4.36. The van der Waals surface area contributed by atoms with E-state index in [-0.39, 0.29) is 12.1 Å². The number of nitrogens with zero attached hydrogens (tertiary/aromatic N) is 4. The van der Waals surface area contributed by atoms with Crippen LogP contribution >= 0.6 is 15.9 Å². The van der Waals surface area contributed by atoms with Crippen molar-refractivity contribution in [2.24, 2.45) is 0 Å². The van der Waals surface area contributed by atoms with Crippen LogP contribution in [0.25, 0.3) is 22.5 Å². The van der Waals surface area contributed by atoms with Crippen LogP contribution in [0, 0.1) is 0 Å². The maximum absolute atomic E-state index is 12.5. The van der Waals surface area contributed by atoms with Crippen LogP contribution in [-0.2, 0) is 6.54 Å². The van der Waals surface area contributed by atoms with Crippen LogP contribution in [0.5, 0.6) is 0 Å². The van der Waals surface area contributed by atoms with Gasteiger partial charge in [0.1, 0.15) is 6.54 Å². The molecule has 0 fully saturated rings. The Bertz CT molecular complexity index is 1040. The lowest BCUT2D eigenvalue weighted by molar-refractivity contribution is 0.368. The number of furan rings is 1. The summed E-state index contributed by atoms with van der Waals surface area (Å²) in [6.45, 7) is 0.141. The van der Waals surface area contributed by atoms with Gasteiger partial charge in [0.15, 0.2) is 5.76 Å². The molecule has 23 heavy (non-hydrogen) atoms. The Morgan fingerprint density at radius 3 is 3.00 bits per heavy atom. The van der Waals surface area contributed by atoms with E-state index in [2.05, 4.69) is 31.1 Å². The molecule has 0 spiro atoms. The lowest BCUT2D eigenvalue weighted by atomic mass is 10.2. The van der Waals surface area contributed by atoms with E-state index in [4.69, 9.17) is 8.94 Å². The zero-order valence-corrected chi connectivity index (χ0v) is 13.2. The minimum atomic E-state index is -0.172. The highest BCUT2D eigenvalue weighted by Crippen LogP contribution is 2.17. The van der Waals surface area contributed by atoms with Crippen molar-refractivity contribution in [3.63, 3.8) is 0 Å². The third kappa shape index (κ3) is 2.57. The molecule has 0 N–H and O–H groups in total. The summed E-state index contributed by atoms with van der Waals surface area (Å²) >= 11 is 3.36. The quantitative estimate of drug-likeness (QED) is 0.549. The van der Waals surface area contributed by atoms with Crippen LogP contribution in [0.4, 0.5) is 0 Å². The van der Waals surface area contributed by atoms with Crippen molar-refractivity contribution in [3.8, 4) is 11.6 Å². The smallest absolute Gasteiger partial charge is 0.261 e. The van der Waals surface area contributed by atoms with Gasteiger partial charge >= 0.3 is 0 Å². The first-order chi connectivity index (χ1) is 11.2. The predicted molar refractivity (Wildman–Crippen MR) is 84.8 cm³/mol. The molecule has 4 aromatic rings. The van der Waals surface area contributed by atoms with Crippen LogP contribution < -0.4 is 5.56 Å². The van der Waals surface area contributed by atoms with Gasteiger partial charge in [-0.15, -0.1) is 0 Å². The molecular formula is C15H9BrN4O3. The number of aromatic nitrogens is 4. The Labute approximate surface area is 137 Å². The Balaban J connectivity index is 1.70. The minimum Gasteiger partial charge on any atom is -0.461 e. The van der Waals surface area contributed by atoms with Gasteiger partial charge in [-0.25, -0.2) is 4.98 Å². The van der Waals surface area contributed by atoms with Crippen molar-refractivity contribution in [1.29, 1.82) is 0 Å². The monoisotopic (exact) mass is 372 g/mol. The summed E-state index contributed by atoms with van der Waals surface area (Å²) in [5.74, 6) is 1.15. The van der Waals surface area contributed by atoms with Crippen molar-refractivity contribution in [3.05, 3.63) is 63.6 Å². The molecule has 0 unspecified atom stereocenters. The maximum atomic E-state index is 12.5. The lowest BCUT2D eigenvalue weighted by Gasteiger charge is -2.03.